The fraction of sp³-hybridized carbons (Fsp3) is 0.316. The number of hydrogen-bond acceptors (Lipinski definition) is 5. The van der Waals surface area contributed by atoms with E-state index in [1.807, 2.05) is 0 Å². The number of nitrogens with two attached hydrogens (primary N) is 1. The van der Waals surface area contributed by atoms with E-state index >= 15 is 0 Å². The van der Waals surface area contributed by atoms with Gasteiger partial charge in [0.1, 0.15) is 18.2 Å². The molecule has 0 aliphatic rings. The Hall–Kier alpha value is -2.48. The smallest absolute Gasteiger partial charge is 0.255 e. The summed E-state index contributed by atoms with van der Waals surface area (Å²) >= 11 is 0. The summed E-state index contributed by atoms with van der Waals surface area (Å²) in [5.74, 6) is -0.0788. The molecular formula is C19H23FN2O4. The van der Waals surface area contributed by atoms with E-state index in [0.29, 0.717) is 48.9 Å². The van der Waals surface area contributed by atoms with Gasteiger partial charge < -0.3 is 25.3 Å². The van der Waals surface area contributed by atoms with Crippen LogP contribution in [-0.4, -0.2) is 39.4 Å². The van der Waals surface area contributed by atoms with Crippen LogP contribution in [0.2, 0.25) is 0 Å². The Morgan fingerprint density at radius 1 is 1.12 bits per heavy atom. The SMILES string of the molecule is COCCOCc1cc(C(=O)Nc2ccc(OCCN)cc2)ccc1F. The van der Waals surface area contributed by atoms with Crippen LogP contribution in [0, 0.1) is 5.82 Å². The summed E-state index contributed by atoms with van der Waals surface area (Å²) in [6.07, 6.45) is 0. The molecule has 0 saturated carbocycles. The highest BCUT2D eigenvalue weighted by atomic mass is 19.1. The van der Waals surface area contributed by atoms with E-state index < -0.39 is 5.82 Å². The van der Waals surface area contributed by atoms with Gasteiger partial charge in [0.25, 0.3) is 5.91 Å². The monoisotopic (exact) mass is 362 g/mol. The van der Waals surface area contributed by atoms with Gasteiger partial charge in [0, 0.05) is 30.5 Å². The first-order chi connectivity index (χ1) is 12.6. The van der Waals surface area contributed by atoms with Crippen LogP contribution < -0.4 is 15.8 Å². The second-order valence-corrected chi connectivity index (χ2v) is 5.47. The number of amides is 1. The Morgan fingerprint density at radius 3 is 2.58 bits per heavy atom. The van der Waals surface area contributed by atoms with Crippen molar-refractivity contribution in [1.82, 2.24) is 0 Å². The number of methoxy groups -OCH3 is 1. The molecule has 6 nitrogen and oxygen atoms in total. The molecule has 0 aliphatic carbocycles. The summed E-state index contributed by atoms with van der Waals surface area (Å²) in [5, 5.41) is 2.76. The van der Waals surface area contributed by atoms with E-state index in [1.54, 1.807) is 31.4 Å². The van der Waals surface area contributed by atoms with Gasteiger partial charge in [0.2, 0.25) is 0 Å². The van der Waals surface area contributed by atoms with Gasteiger partial charge in [-0.2, -0.15) is 0 Å². The summed E-state index contributed by atoms with van der Waals surface area (Å²) < 4.78 is 29.4. The minimum atomic E-state index is -0.416. The Bertz CT molecular complexity index is 707. The van der Waals surface area contributed by atoms with Crippen molar-refractivity contribution in [1.29, 1.82) is 0 Å². The standard InChI is InChI=1S/C19H23FN2O4/c1-24-10-11-25-13-15-12-14(2-7-18(15)20)19(23)22-16-3-5-17(6-4-16)26-9-8-21/h2-7,12H,8-11,13,21H2,1H3,(H,22,23). The molecule has 0 bridgehead atoms. The quantitative estimate of drug-likeness (QED) is 0.635. The number of carbonyl (C=O) groups excluding carboxylic acids is 1. The Labute approximate surface area is 152 Å². The highest BCUT2D eigenvalue weighted by molar-refractivity contribution is 6.04. The van der Waals surface area contributed by atoms with Crippen molar-refractivity contribution in [3.05, 3.63) is 59.4 Å². The third-order valence-electron chi connectivity index (χ3n) is 3.50. The predicted molar refractivity (Wildman–Crippen MR) is 96.9 cm³/mol. The van der Waals surface area contributed by atoms with Crippen molar-refractivity contribution in [2.24, 2.45) is 5.73 Å². The molecule has 0 atom stereocenters. The zero-order valence-corrected chi connectivity index (χ0v) is 14.7. The lowest BCUT2D eigenvalue weighted by Crippen LogP contribution is -2.13. The molecule has 0 heterocycles. The molecule has 140 valence electrons. The Kier molecular flexibility index (Phi) is 8.01. The van der Waals surface area contributed by atoms with E-state index in [0.717, 1.165) is 0 Å². The summed E-state index contributed by atoms with van der Waals surface area (Å²) in [6.45, 7) is 1.71. The van der Waals surface area contributed by atoms with Crippen LogP contribution in [0.1, 0.15) is 15.9 Å². The van der Waals surface area contributed by atoms with Gasteiger partial charge in [-0.1, -0.05) is 0 Å². The molecule has 0 radical (unpaired) electrons. The molecule has 3 N–H and O–H groups in total. The van der Waals surface area contributed by atoms with Crippen molar-refractivity contribution in [2.45, 2.75) is 6.61 Å². The van der Waals surface area contributed by atoms with Gasteiger partial charge in [-0.15, -0.1) is 0 Å². The van der Waals surface area contributed by atoms with E-state index in [-0.39, 0.29) is 12.5 Å². The zero-order valence-electron chi connectivity index (χ0n) is 14.7. The van der Waals surface area contributed by atoms with E-state index in [1.165, 1.54) is 18.2 Å². The van der Waals surface area contributed by atoms with Crippen molar-refractivity contribution in [2.75, 3.05) is 38.8 Å². The molecule has 2 aromatic carbocycles. The minimum absolute atomic E-state index is 0.0729. The molecule has 1 amide bonds. The fourth-order valence-electron chi connectivity index (χ4n) is 2.17. The van der Waals surface area contributed by atoms with Crippen LogP contribution >= 0.6 is 0 Å². The minimum Gasteiger partial charge on any atom is -0.492 e. The molecule has 2 aromatic rings. The van der Waals surface area contributed by atoms with Gasteiger partial charge >= 0.3 is 0 Å². The molecule has 7 heteroatoms. The summed E-state index contributed by atoms with van der Waals surface area (Å²) in [5.41, 5.74) is 6.66. The first-order valence-corrected chi connectivity index (χ1v) is 8.23. The molecule has 0 aromatic heterocycles. The number of hydrogen-bond donors (Lipinski definition) is 2. The number of halogens is 1. The van der Waals surface area contributed by atoms with Crippen LogP contribution in [0.25, 0.3) is 0 Å². The molecule has 26 heavy (non-hydrogen) atoms. The van der Waals surface area contributed by atoms with Gasteiger partial charge in [0.05, 0.1) is 19.8 Å². The lowest BCUT2D eigenvalue weighted by atomic mass is 10.1. The van der Waals surface area contributed by atoms with Crippen LogP contribution in [0.3, 0.4) is 0 Å². The summed E-state index contributed by atoms with van der Waals surface area (Å²) in [7, 11) is 1.56. The van der Waals surface area contributed by atoms with Crippen molar-refractivity contribution in [3.8, 4) is 5.75 Å². The van der Waals surface area contributed by atoms with Crippen LogP contribution in [0.5, 0.6) is 5.75 Å². The first kappa shape index (κ1) is 19.8. The lowest BCUT2D eigenvalue weighted by molar-refractivity contribution is 0.0604. The zero-order chi connectivity index (χ0) is 18.8. The van der Waals surface area contributed by atoms with Crippen LogP contribution in [0.4, 0.5) is 10.1 Å². The van der Waals surface area contributed by atoms with Gasteiger partial charge in [-0.05, 0) is 42.5 Å². The van der Waals surface area contributed by atoms with Crippen LogP contribution in [-0.2, 0) is 16.1 Å². The molecule has 2 rings (SSSR count). The summed E-state index contributed by atoms with van der Waals surface area (Å²) in [4.78, 5) is 12.4. The fourth-order valence-corrected chi connectivity index (χ4v) is 2.17. The Morgan fingerprint density at radius 2 is 1.88 bits per heavy atom. The average Bonchev–Trinajstić information content (AvgIpc) is 2.66. The predicted octanol–water partition coefficient (Wildman–Crippen LogP) is 2.58. The maximum Gasteiger partial charge on any atom is 0.255 e. The number of benzene rings is 2. The highest BCUT2D eigenvalue weighted by Gasteiger charge is 2.10. The van der Waals surface area contributed by atoms with Crippen molar-refractivity contribution < 1.29 is 23.4 Å². The maximum atomic E-state index is 13.8. The van der Waals surface area contributed by atoms with Gasteiger partial charge in [0.15, 0.2) is 0 Å². The lowest BCUT2D eigenvalue weighted by Gasteiger charge is -2.10. The van der Waals surface area contributed by atoms with Crippen molar-refractivity contribution >= 4 is 11.6 Å². The normalized spacial score (nSPS) is 10.6. The maximum absolute atomic E-state index is 13.8. The van der Waals surface area contributed by atoms with Crippen molar-refractivity contribution in [3.63, 3.8) is 0 Å². The summed E-state index contributed by atoms with van der Waals surface area (Å²) in [6, 6.07) is 11.1. The molecule has 0 fully saturated rings. The number of rotatable bonds is 10. The number of ether oxygens (including phenoxy) is 3. The molecular weight excluding hydrogens is 339 g/mol. The highest BCUT2D eigenvalue weighted by Crippen LogP contribution is 2.18. The molecule has 0 saturated heterocycles. The second kappa shape index (κ2) is 10.5. The number of nitrogens with one attached hydrogen (secondary N) is 1. The molecule has 0 aliphatic heterocycles. The molecule has 0 unspecified atom stereocenters. The van der Waals surface area contributed by atoms with E-state index in [4.69, 9.17) is 19.9 Å². The Balaban J connectivity index is 1.98. The second-order valence-electron chi connectivity index (χ2n) is 5.47. The first-order valence-electron chi connectivity index (χ1n) is 8.23. The third kappa shape index (κ3) is 6.11. The molecule has 0 spiro atoms. The number of anilines is 1. The van der Waals surface area contributed by atoms with Gasteiger partial charge in [-0.25, -0.2) is 4.39 Å². The van der Waals surface area contributed by atoms with E-state index in [2.05, 4.69) is 5.32 Å². The number of carbonyl (C=O) groups is 1. The van der Waals surface area contributed by atoms with E-state index in [9.17, 15) is 9.18 Å². The largest absolute Gasteiger partial charge is 0.492 e. The van der Waals surface area contributed by atoms with Gasteiger partial charge in [-0.3, -0.25) is 4.79 Å². The third-order valence-corrected chi connectivity index (χ3v) is 3.50. The topological polar surface area (TPSA) is 82.8 Å². The van der Waals surface area contributed by atoms with Crippen LogP contribution in [0.15, 0.2) is 42.5 Å². The average molecular weight is 362 g/mol.